The van der Waals surface area contributed by atoms with Crippen LogP contribution >= 0.6 is 0 Å². The maximum Gasteiger partial charge on any atom is 0.236 e. The molecule has 1 aliphatic rings. The first-order chi connectivity index (χ1) is 8.09. The van der Waals surface area contributed by atoms with Crippen LogP contribution in [-0.2, 0) is 9.53 Å². The van der Waals surface area contributed by atoms with Crippen molar-refractivity contribution in [2.45, 2.75) is 13.8 Å². The molecule has 2 rings (SSSR count). The topological polar surface area (TPSA) is 64.4 Å². The summed E-state index contributed by atoms with van der Waals surface area (Å²) in [6.45, 7) is 5.18. The number of carbonyl (C=O) groups excluding carboxylic acids is 1. The van der Waals surface area contributed by atoms with Gasteiger partial charge in [-0.1, -0.05) is 12.1 Å². The zero-order valence-corrected chi connectivity index (χ0v) is 10.2. The summed E-state index contributed by atoms with van der Waals surface area (Å²) in [4.78, 5) is 12.1. The van der Waals surface area contributed by atoms with Crippen LogP contribution in [0.4, 0.5) is 5.69 Å². The number of benzene rings is 1. The molecule has 0 bridgehead atoms. The van der Waals surface area contributed by atoms with Crippen molar-refractivity contribution in [2.24, 2.45) is 11.1 Å². The molecule has 1 aromatic carbocycles. The number of anilines is 1. The molecule has 1 aliphatic heterocycles. The Labute approximate surface area is 101 Å². The molecular formula is C13H18N2O2. The molecule has 4 nitrogen and oxygen atoms in total. The smallest absolute Gasteiger partial charge is 0.236 e. The van der Waals surface area contributed by atoms with E-state index in [-0.39, 0.29) is 5.91 Å². The van der Waals surface area contributed by atoms with E-state index in [1.165, 1.54) is 0 Å². The Kier molecular flexibility index (Phi) is 3.17. The van der Waals surface area contributed by atoms with Gasteiger partial charge in [0, 0.05) is 12.2 Å². The molecule has 0 aliphatic carbocycles. The number of rotatable bonds is 3. The summed E-state index contributed by atoms with van der Waals surface area (Å²) in [5.41, 5.74) is 8.23. The first-order valence-corrected chi connectivity index (χ1v) is 5.74. The van der Waals surface area contributed by atoms with Crippen LogP contribution in [-0.4, -0.2) is 25.7 Å². The minimum atomic E-state index is -0.532. The predicted octanol–water partition coefficient (Wildman–Crippen LogP) is 1.22. The van der Waals surface area contributed by atoms with Crippen LogP contribution in [0.1, 0.15) is 11.1 Å². The third kappa shape index (κ3) is 2.06. The quantitative estimate of drug-likeness (QED) is 0.826. The summed E-state index contributed by atoms with van der Waals surface area (Å²) < 4.78 is 5.10. The van der Waals surface area contributed by atoms with E-state index in [0.717, 1.165) is 16.8 Å². The maximum absolute atomic E-state index is 12.1. The lowest BCUT2D eigenvalue weighted by Gasteiger charge is -2.38. The Morgan fingerprint density at radius 3 is 2.71 bits per heavy atom. The average Bonchev–Trinajstić information content (AvgIpc) is 2.24. The first kappa shape index (κ1) is 12.1. The van der Waals surface area contributed by atoms with Gasteiger partial charge in [-0.25, -0.2) is 0 Å². The lowest BCUT2D eigenvalue weighted by Crippen LogP contribution is -2.56. The second-order valence-corrected chi connectivity index (χ2v) is 4.68. The highest BCUT2D eigenvalue weighted by molar-refractivity contribution is 5.97. The lowest BCUT2D eigenvalue weighted by atomic mass is 9.85. The highest BCUT2D eigenvalue weighted by Gasteiger charge is 2.44. The van der Waals surface area contributed by atoms with E-state index in [1.807, 2.05) is 32.0 Å². The van der Waals surface area contributed by atoms with Crippen molar-refractivity contribution < 1.29 is 9.53 Å². The molecule has 0 aromatic heterocycles. The fourth-order valence-electron chi connectivity index (χ4n) is 1.83. The van der Waals surface area contributed by atoms with Crippen LogP contribution < -0.4 is 11.1 Å². The number of ether oxygens (including phenoxy) is 1. The van der Waals surface area contributed by atoms with Crippen LogP contribution in [0.15, 0.2) is 18.2 Å². The van der Waals surface area contributed by atoms with E-state index < -0.39 is 5.41 Å². The van der Waals surface area contributed by atoms with Crippen LogP contribution in [0.25, 0.3) is 0 Å². The van der Waals surface area contributed by atoms with Gasteiger partial charge in [0.25, 0.3) is 0 Å². The Balaban J connectivity index is 2.16. The SMILES string of the molecule is Cc1cccc(NC(=O)C2(CN)COC2)c1C. The van der Waals surface area contributed by atoms with Crippen molar-refractivity contribution in [1.82, 2.24) is 0 Å². The van der Waals surface area contributed by atoms with Gasteiger partial charge >= 0.3 is 0 Å². The second-order valence-electron chi connectivity index (χ2n) is 4.68. The third-order valence-corrected chi connectivity index (χ3v) is 3.48. The molecule has 1 amide bonds. The normalized spacial score (nSPS) is 17.4. The van der Waals surface area contributed by atoms with Crippen LogP contribution in [0.2, 0.25) is 0 Å². The molecule has 0 spiro atoms. The summed E-state index contributed by atoms with van der Waals surface area (Å²) in [7, 11) is 0. The van der Waals surface area contributed by atoms with E-state index in [2.05, 4.69) is 5.32 Å². The summed E-state index contributed by atoms with van der Waals surface area (Å²) in [5, 5.41) is 2.95. The number of hydrogen-bond donors (Lipinski definition) is 2. The minimum Gasteiger partial charge on any atom is -0.379 e. The molecule has 92 valence electrons. The Bertz CT molecular complexity index is 434. The van der Waals surface area contributed by atoms with Gasteiger partial charge < -0.3 is 15.8 Å². The molecule has 3 N–H and O–H groups in total. The number of nitrogens with one attached hydrogen (secondary N) is 1. The van der Waals surface area contributed by atoms with Gasteiger partial charge in [0.05, 0.1) is 13.2 Å². The molecule has 17 heavy (non-hydrogen) atoms. The van der Waals surface area contributed by atoms with Crippen molar-refractivity contribution in [3.8, 4) is 0 Å². The average molecular weight is 234 g/mol. The molecule has 4 heteroatoms. The molecule has 1 fully saturated rings. The van der Waals surface area contributed by atoms with Gasteiger partial charge in [-0.3, -0.25) is 4.79 Å². The third-order valence-electron chi connectivity index (χ3n) is 3.48. The molecule has 0 saturated carbocycles. The Morgan fingerprint density at radius 2 is 2.18 bits per heavy atom. The predicted molar refractivity (Wildman–Crippen MR) is 66.9 cm³/mol. The van der Waals surface area contributed by atoms with Crippen LogP contribution in [0.3, 0.4) is 0 Å². The molecule has 0 unspecified atom stereocenters. The number of hydrogen-bond acceptors (Lipinski definition) is 3. The summed E-state index contributed by atoms with van der Waals surface area (Å²) in [6.07, 6.45) is 0. The van der Waals surface area contributed by atoms with Crippen molar-refractivity contribution in [3.05, 3.63) is 29.3 Å². The molecule has 0 atom stereocenters. The molecular weight excluding hydrogens is 216 g/mol. The van der Waals surface area contributed by atoms with Crippen molar-refractivity contribution in [3.63, 3.8) is 0 Å². The highest BCUT2D eigenvalue weighted by Crippen LogP contribution is 2.29. The van der Waals surface area contributed by atoms with Gasteiger partial charge in [-0.05, 0) is 31.0 Å². The zero-order chi connectivity index (χ0) is 12.5. The highest BCUT2D eigenvalue weighted by atomic mass is 16.5. The van der Waals surface area contributed by atoms with Crippen molar-refractivity contribution >= 4 is 11.6 Å². The van der Waals surface area contributed by atoms with Gasteiger partial charge in [-0.2, -0.15) is 0 Å². The zero-order valence-electron chi connectivity index (χ0n) is 10.2. The van der Waals surface area contributed by atoms with Crippen molar-refractivity contribution in [1.29, 1.82) is 0 Å². The molecule has 0 radical (unpaired) electrons. The maximum atomic E-state index is 12.1. The number of aryl methyl sites for hydroxylation is 1. The number of amides is 1. The van der Waals surface area contributed by atoms with E-state index >= 15 is 0 Å². The van der Waals surface area contributed by atoms with Gasteiger partial charge in [0.2, 0.25) is 5.91 Å². The van der Waals surface area contributed by atoms with Crippen LogP contribution in [0.5, 0.6) is 0 Å². The van der Waals surface area contributed by atoms with Gasteiger partial charge in [-0.15, -0.1) is 0 Å². The largest absolute Gasteiger partial charge is 0.379 e. The fraction of sp³-hybridized carbons (Fsp3) is 0.462. The van der Waals surface area contributed by atoms with E-state index in [4.69, 9.17) is 10.5 Å². The lowest BCUT2D eigenvalue weighted by molar-refractivity contribution is -0.153. The monoisotopic (exact) mass is 234 g/mol. The van der Waals surface area contributed by atoms with Crippen LogP contribution in [0, 0.1) is 19.3 Å². The summed E-state index contributed by atoms with van der Waals surface area (Å²) in [5.74, 6) is -0.0417. The standard InChI is InChI=1S/C13H18N2O2/c1-9-4-3-5-11(10(9)2)15-12(16)13(6-14)7-17-8-13/h3-5H,6-8,14H2,1-2H3,(H,15,16). The molecule has 1 heterocycles. The first-order valence-electron chi connectivity index (χ1n) is 5.74. The fourth-order valence-corrected chi connectivity index (χ4v) is 1.83. The Morgan fingerprint density at radius 1 is 1.47 bits per heavy atom. The van der Waals surface area contributed by atoms with Crippen molar-refractivity contribution in [2.75, 3.05) is 25.1 Å². The molecule has 1 aromatic rings. The minimum absolute atomic E-state index is 0.0417. The van der Waals surface area contributed by atoms with E-state index in [1.54, 1.807) is 0 Å². The van der Waals surface area contributed by atoms with Gasteiger partial charge in [0.15, 0.2) is 0 Å². The van der Waals surface area contributed by atoms with Gasteiger partial charge in [0.1, 0.15) is 5.41 Å². The van der Waals surface area contributed by atoms with E-state index in [0.29, 0.717) is 19.8 Å². The summed E-state index contributed by atoms with van der Waals surface area (Å²) in [6, 6.07) is 5.87. The summed E-state index contributed by atoms with van der Waals surface area (Å²) >= 11 is 0. The number of nitrogens with two attached hydrogens (primary N) is 1. The molecule has 1 saturated heterocycles. The number of carbonyl (C=O) groups is 1. The Hall–Kier alpha value is -1.39. The van der Waals surface area contributed by atoms with E-state index in [9.17, 15) is 4.79 Å². The second kappa shape index (κ2) is 4.47.